The summed E-state index contributed by atoms with van der Waals surface area (Å²) in [6.07, 6.45) is 0. The summed E-state index contributed by atoms with van der Waals surface area (Å²) in [4.78, 5) is 0. The first-order valence-corrected chi connectivity index (χ1v) is 4.83. The van der Waals surface area contributed by atoms with E-state index in [1.54, 1.807) is 7.11 Å². The highest BCUT2D eigenvalue weighted by Gasteiger charge is 2.08. The number of nitrogens with one attached hydrogen (secondary N) is 1. The first-order chi connectivity index (χ1) is 6.26. The molecule has 13 heavy (non-hydrogen) atoms. The van der Waals surface area contributed by atoms with Crippen molar-refractivity contribution in [3.05, 3.63) is 5.01 Å². The molecule has 1 heterocycles. The largest absolute Gasteiger partial charge is 0.383 e. The molecule has 0 saturated carbocycles. The fourth-order valence-corrected chi connectivity index (χ4v) is 1.57. The first-order valence-electron chi connectivity index (χ1n) is 4.02. The number of aryl methyl sites for hydroxylation is 1. The molecule has 0 spiro atoms. The zero-order chi connectivity index (χ0) is 9.68. The third kappa shape index (κ3) is 3.25. The van der Waals surface area contributed by atoms with Gasteiger partial charge in [-0.05, 0) is 6.92 Å². The number of rotatable bonds is 5. The fourth-order valence-electron chi connectivity index (χ4n) is 0.899. The Kier molecular flexibility index (Phi) is 4.07. The molecular weight excluding hydrogens is 188 g/mol. The molecule has 0 aliphatic carbocycles. The van der Waals surface area contributed by atoms with Crippen molar-refractivity contribution in [2.45, 2.75) is 13.0 Å². The number of nitrogens with two attached hydrogens (primary N) is 1. The van der Waals surface area contributed by atoms with Gasteiger partial charge in [0.2, 0.25) is 5.13 Å². The van der Waals surface area contributed by atoms with Gasteiger partial charge in [-0.2, -0.15) is 0 Å². The molecule has 0 amide bonds. The van der Waals surface area contributed by atoms with E-state index in [-0.39, 0.29) is 6.04 Å². The van der Waals surface area contributed by atoms with Crippen molar-refractivity contribution in [3.63, 3.8) is 0 Å². The predicted octanol–water partition coefficient (Wildman–Crippen LogP) is 0.232. The lowest BCUT2D eigenvalue weighted by Crippen LogP contribution is -2.32. The van der Waals surface area contributed by atoms with Crippen LogP contribution in [0.25, 0.3) is 0 Å². The predicted molar refractivity (Wildman–Crippen MR) is 53.0 cm³/mol. The van der Waals surface area contributed by atoms with Crippen LogP contribution in [0.15, 0.2) is 0 Å². The van der Waals surface area contributed by atoms with Gasteiger partial charge in [-0.1, -0.05) is 11.3 Å². The first kappa shape index (κ1) is 10.4. The van der Waals surface area contributed by atoms with Crippen molar-refractivity contribution in [1.82, 2.24) is 10.2 Å². The van der Waals surface area contributed by atoms with E-state index in [0.717, 1.165) is 10.1 Å². The molecule has 0 bridgehead atoms. The Morgan fingerprint density at radius 3 is 2.85 bits per heavy atom. The summed E-state index contributed by atoms with van der Waals surface area (Å²) in [6, 6.07) is 0.109. The summed E-state index contributed by atoms with van der Waals surface area (Å²) in [6.45, 7) is 3.01. The average molecular weight is 202 g/mol. The van der Waals surface area contributed by atoms with Crippen LogP contribution in [0.2, 0.25) is 0 Å². The van der Waals surface area contributed by atoms with E-state index >= 15 is 0 Å². The van der Waals surface area contributed by atoms with Crippen molar-refractivity contribution >= 4 is 16.5 Å². The topological polar surface area (TPSA) is 73.1 Å². The van der Waals surface area contributed by atoms with E-state index in [9.17, 15) is 0 Å². The molecule has 0 saturated heterocycles. The SMILES string of the molecule is COCC(CN)Nc1nnc(C)s1. The molecule has 0 aliphatic heterocycles. The minimum Gasteiger partial charge on any atom is -0.383 e. The zero-order valence-electron chi connectivity index (χ0n) is 7.78. The number of hydrogen-bond donors (Lipinski definition) is 2. The molecule has 0 fully saturated rings. The van der Waals surface area contributed by atoms with Gasteiger partial charge in [0.05, 0.1) is 12.6 Å². The van der Waals surface area contributed by atoms with Crippen LogP contribution in [0.4, 0.5) is 5.13 Å². The van der Waals surface area contributed by atoms with Crippen LogP contribution >= 0.6 is 11.3 Å². The second-order valence-electron chi connectivity index (χ2n) is 2.66. The number of methoxy groups -OCH3 is 1. The van der Waals surface area contributed by atoms with E-state index in [2.05, 4.69) is 15.5 Å². The molecule has 1 aromatic rings. The van der Waals surface area contributed by atoms with Gasteiger partial charge in [-0.25, -0.2) is 0 Å². The van der Waals surface area contributed by atoms with E-state index in [4.69, 9.17) is 10.5 Å². The monoisotopic (exact) mass is 202 g/mol. The number of aromatic nitrogens is 2. The minimum atomic E-state index is 0.109. The van der Waals surface area contributed by atoms with Gasteiger partial charge in [-0.3, -0.25) is 0 Å². The van der Waals surface area contributed by atoms with E-state index in [0.29, 0.717) is 13.2 Å². The van der Waals surface area contributed by atoms with Crippen LogP contribution in [0, 0.1) is 6.92 Å². The average Bonchev–Trinajstić information content (AvgIpc) is 2.50. The zero-order valence-corrected chi connectivity index (χ0v) is 8.60. The number of ether oxygens (including phenoxy) is 1. The summed E-state index contributed by atoms with van der Waals surface area (Å²) >= 11 is 1.51. The molecular formula is C7H14N4OS. The highest BCUT2D eigenvalue weighted by Crippen LogP contribution is 2.14. The number of anilines is 1. The maximum absolute atomic E-state index is 5.53. The Bertz CT molecular complexity index is 252. The summed E-state index contributed by atoms with van der Waals surface area (Å²) in [5.74, 6) is 0. The van der Waals surface area contributed by atoms with Crippen molar-refractivity contribution < 1.29 is 4.74 Å². The maximum Gasteiger partial charge on any atom is 0.206 e. The van der Waals surface area contributed by atoms with Crippen LogP contribution in [0.1, 0.15) is 5.01 Å². The molecule has 0 aliphatic rings. The second-order valence-corrected chi connectivity index (χ2v) is 3.84. The van der Waals surface area contributed by atoms with Gasteiger partial charge in [-0.15, -0.1) is 10.2 Å². The van der Waals surface area contributed by atoms with Gasteiger partial charge in [0.1, 0.15) is 5.01 Å². The third-order valence-corrected chi connectivity index (χ3v) is 2.28. The molecule has 1 aromatic heterocycles. The molecule has 6 heteroatoms. The molecule has 5 nitrogen and oxygen atoms in total. The highest BCUT2D eigenvalue weighted by molar-refractivity contribution is 7.15. The van der Waals surface area contributed by atoms with Gasteiger partial charge in [0, 0.05) is 13.7 Å². The second kappa shape index (κ2) is 5.11. The van der Waals surface area contributed by atoms with E-state index in [1.165, 1.54) is 11.3 Å². The molecule has 0 aromatic carbocycles. The summed E-state index contributed by atoms with van der Waals surface area (Å²) in [7, 11) is 1.65. The van der Waals surface area contributed by atoms with Gasteiger partial charge in [0.15, 0.2) is 0 Å². The standard InChI is InChI=1S/C7H14N4OS/c1-5-10-11-7(13-5)9-6(3-8)4-12-2/h6H,3-4,8H2,1-2H3,(H,9,11). The van der Waals surface area contributed by atoms with Crippen LogP contribution < -0.4 is 11.1 Å². The molecule has 3 N–H and O–H groups in total. The summed E-state index contributed by atoms with van der Waals surface area (Å²) in [5.41, 5.74) is 5.53. The summed E-state index contributed by atoms with van der Waals surface area (Å²) < 4.78 is 4.99. The van der Waals surface area contributed by atoms with E-state index in [1.807, 2.05) is 6.92 Å². The number of hydrogen-bond acceptors (Lipinski definition) is 6. The van der Waals surface area contributed by atoms with Crippen molar-refractivity contribution in [2.75, 3.05) is 25.6 Å². The molecule has 1 unspecified atom stereocenters. The Hall–Kier alpha value is -0.720. The molecule has 0 radical (unpaired) electrons. The third-order valence-electron chi connectivity index (χ3n) is 1.51. The van der Waals surface area contributed by atoms with Crippen molar-refractivity contribution in [3.8, 4) is 0 Å². The van der Waals surface area contributed by atoms with Crippen LogP contribution in [0.5, 0.6) is 0 Å². The Balaban J connectivity index is 2.46. The molecule has 74 valence electrons. The van der Waals surface area contributed by atoms with Gasteiger partial charge >= 0.3 is 0 Å². The van der Waals surface area contributed by atoms with Crippen molar-refractivity contribution in [1.29, 1.82) is 0 Å². The lowest BCUT2D eigenvalue weighted by atomic mass is 10.3. The lowest BCUT2D eigenvalue weighted by Gasteiger charge is -2.13. The normalized spacial score (nSPS) is 12.8. The van der Waals surface area contributed by atoms with Gasteiger partial charge in [0.25, 0.3) is 0 Å². The molecule has 1 atom stereocenters. The van der Waals surface area contributed by atoms with Crippen LogP contribution in [-0.4, -0.2) is 36.5 Å². The number of nitrogens with zero attached hydrogens (tertiary/aromatic N) is 2. The van der Waals surface area contributed by atoms with Crippen LogP contribution in [0.3, 0.4) is 0 Å². The smallest absolute Gasteiger partial charge is 0.206 e. The molecule has 1 rings (SSSR count). The Labute approximate surface area is 81.3 Å². The Morgan fingerprint density at radius 1 is 1.62 bits per heavy atom. The Morgan fingerprint density at radius 2 is 2.38 bits per heavy atom. The van der Waals surface area contributed by atoms with Crippen LogP contribution in [-0.2, 0) is 4.74 Å². The lowest BCUT2D eigenvalue weighted by molar-refractivity contribution is 0.187. The fraction of sp³-hybridized carbons (Fsp3) is 0.714. The highest BCUT2D eigenvalue weighted by atomic mass is 32.1. The summed E-state index contributed by atoms with van der Waals surface area (Å²) in [5, 5.41) is 12.7. The minimum absolute atomic E-state index is 0.109. The van der Waals surface area contributed by atoms with Gasteiger partial charge < -0.3 is 15.8 Å². The van der Waals surface area contributed by atoms with E-state index < -0.39 is 0 Å². The maximum atomic E-state index is 5.53. The van der Waals surface area contributed by atoms with Crippen molar-refractivity contribution in [2.24, 2.45) is 5.73 Å². The quantitative estimate of drug-likeness (QED) is 0.715.